The molecule has 2 amide bonds. The number of ether oxygens (including phenoxy) is 1. The maximum atomic E-state index is 13.4. The lowest BCUT2D eigenvalue weighted by molar-refractivity contribution is -0.120. The Balaban J connectivity index is 2.15. The van der Waals surface area contributed by atoms with Gasteiger partial charge in [-0.3, -0.25) is 4.79 Å². The smallest absolute Gasteiger partial charge is 0.408 e. The number of amides is 2. The van der Waals surface area contributed by atoms with Gasteiger partial charge in [-0.2, -0.15) is 0 Å². The lowest BCUT2D eigenvalue weighted by Gasteiger charge is -2.24. The minimum atomic E-state index is -0.796. The van der Waals surface area contributed by atoms with Crippen LogP contribution in [-0.4, -0.2) is 37.2 Å². The number of carbonyl (C=O) groups is 2. The lowest BCUT2D eigenvalue weighted by Crippen LogP contribution is -2.50. The third-order valence-corrected chi connectivity index (χ3v) is 3.14. The molecule has 0 aromatic heterocycles. The summed E-state index contributed by atoms with van der Waals surface area (Å²) in [4.78, 5) is 25.6. The van der Waals surface area contributed by atoms with Gasteiger partial charge in [-0.15, -0.1) is 0 Å². The molecule has 2 rings (SSSR count). The van der Waals surface area contributed by atoms with Crippen LogP contribution >= 0.6 is 0 Å². The fraction of sp³-hybridized carbons (Fsp3) is 0.467. The summed E-state index contributed by atoms with van der Waals surface area (Å²) in [7, 11) is 1.54. The molecule has 0 spiro atoms. The number of hydrogen-bond donors (Lipinski definition) is 2. The number of hydrogen-bond acceptors (Lipinski definition) is 4. The van der Waals surface area contributed by atoms with Crippen LogP contribution in [0.3, 0.4) is 0 Å². The molecule has 2 N–H and O–H groups in total. The standard InChI is InChI=1S/C15H20FN3O3/c1-15(2,3)22-14(21)18-11-8-17-10-6-5-9(16)7-12(10)19(4)13(11)20/h5-7,11,17H,8H2,1-4H3,(H,18,21)/t11-/m1/s1. The van der Waals surface area contributed by atoms with Gasteiger partial charge in [-0.25, -0.2) is 9.18 Å². The molecule has 0 aliphatic carbocycles. The second-order valence-electron chi connectivity index (χ2n) is 6.14. The number of nitrogens with one attached hydrogen (secondary N) is 2. The van der Waals surface area contributed by atoms with E-state index in [1.807, 2.05) is 0 Å². The molecule has 0 saturated carbocycles. The second-order valence-corrected chi connectivity index (χ2v) is 6.14. The summed E-state index contributed by atoms with van der Waals surface area (Å²) in [6.07, 6.45) is -0.668. The van der Waals surface area contributed by atoms with E-state index in [0.29, 0.717) is 11.4 Å². The van der Waals surface area contributed by atoms with Gasteiger partial charge in [-0.05, 0) is 39.0 Å². The second kappa shape index (κ2) is 5.82. The third kappa shape index (κ3) is 3.66. The molecule has 7 heteroatoms. The predicted molar refractivity (Wildman–Crippen MR) is 81.5 cm³/mol. The highest BCUT2D eigenvalue weighted by Gasteiger charge is 2.30. The molecule has 1 aliphatic rings. The van der Waals surface area contributed by atoms with E-state index in [2.05, 4.69) is 10.6 Å². The summed E-state index contributed by atoms with van der Waals surface area (Å²) in [5.74, 6) is -0.776. The topological polar surface area (TPSA) is 70.7 Å². The van der Waals surface area contributed by atoms with E-state index in [4.69, 9.17) is 4.74 Å². The first-order chi connectivity index (χ1) is 10.2. The first kappa shape index (κ1) is 16.1. The highest BCUT2D eigenvalue weighted by Crippen LogP contribution is 2.28. The summed E-state index contributed by atoms with van der Waals surface area (Å²) in [6.45, 7) is 5.42. The van der Waals surface area contributed by atoms with Crippen LogP contribution in [0.5, 0.6) is 0 Å². The summed E-state index contributed by atoms with van der Waals surface area (Å²) >= 11 is 0. The zero-order chi connectivity index (χ0) is 16.5. The number of anilines is 2. The SMILES string of the molecule is CN1C(=O)[C@H](NC(=O)OC(C)(C)C)CNc2ccc(F)cc21. The van der Waals surface area contributed by atoms with Crippen LogP contribution in [0.1, 0.15) is 20.8 Å². The number of rotatable bonds is 1. The van der Waals surface area contributed by atoms with Crippen molar-refractivity contribution in [3.63, 3.8) is 0 Å². The van der Waals surface area contributed by atoms with Crippen molar-refractivity contribution in [1.82, 2.24) is 5.32 Å². The number of halogens is 1. The predicted octanol–water partition coefficient (Wildman–Crippen LogP) is 2.11. The normalized spacial score (nSPS) is 18.1. The van der Waals surface area contributed by atoms with Crippen molar-refractivity contribution in [2.24, 2.45) is 0 Å². The summed E-state index contributed by atoms with van der Waals surface area (Å²) < 4.78 is 18.5. The van der Waals surface area contributed by atoms with E-state index < -0.39 is 23.6 Å². The molecule has 1 atom stereocenters. The van der Waals surface area contributed by atoms with Crippen molar-refractivity contribution in [2.75, 3.05) is 23.8 Å². The van der Waals surface area contributed by atoms with E-state index in [0.717, 1.165) is 0 Å². The highest BCUT2D eigenvalue weighted by atomic mass is 19.1. The van der Waals surface area contributed by atoms with Crippen LogP contribution in [0.25, 0.3) is 0 Å². The number of carbonyl (C=O) groups excluding carboxylic acids is 2. The van der Waals surface area contributed by atoms with Crippen molar-refractivity contribution in [1.29, 1.82) is 0 Å². The van der Waals surface area contributed by atoms with Gasteiger partial charge < -0.3 is 20.3 Å². The molecule has 0 bridgehead atoms. The fourth-order valence-corrected chi connectivity index (χ4v) is 2.15. The van der Waals surface area contributed by atoms with Crippen molar-refractivity contribution >= 4 is 23.4 Å². The van der Waals surface area contributed by atoms with Crippen LogP contribution in [0.15, 0.2) is 18.2 Å². The van der Waals surface area contributed by atoms with Gasteiger partial charge in [0, 0.05) is 13.6 Å². The van der Waals surface area contributed by atoms with Gasteiger partial charge in [0.15, 0.2) is 0 Å². The summed E-state index contributed by atoms with van der Waals surface area (Å²) in [5.41, 5.74) is 0.410. The van der Waals surface area contributed by atoms with Gasteiger partial charge in [-0.1, -0.05) is 0 Å². The molecule has 0 unspecified atom stereocenters. The molecule has 0 fully saturated rings. The zero-order valence-electron chi connectivity index (χ0n) is 13.1. The van der Waals surface area contributed by atoms with Crippen LogP contribution < -0.4 is 15.5 Å². The van der Waals surface area contributed by atoms with E-state index in [1.54, 1.807) is 26.8 Å². The summed E-state index contributed by atoms with van der Waals surface area (Å²) in [5, 5.41) is 5.57. The number of nitrogens with zero attached hydrogens (tertiary/aromatic N) is 1. The molecule has 22 heavy (non-hydrogen) atoms. The number of fused-ring (bicyclic) bond motifs is 1. The molecule has 1 aromatic carbocycles. The molecular weight excluding hydrogens is 289 g/mol. The molecule has 0 radical (unpaired) electrons. The van der Waals surface area contributed by atoms with Crippen molar-refractivity contribution < 1.29 is 18.7 Å². The molecule has 120 valence electrons. The van der Waals surface area contributed by atoms with Crippen LogP contribution in [0.2, 0.25) is 0 Å². The Kier molecular flexibility index (Phi) is 4.25. The number of alkyl carbamates (subject to hydrolysis) is 1. The van der Waals surface area contributed by atoms with E-state index in [9.17, 15) is 14.0 Å². The average Bonchev–Trinajstić information content (AvgIpc) is 2.50. The Morgan fingerprint density at radius 2 is 2.14 bits per heavy atom. The Bertz CT molecular complexity index is 598. The fourth-order valence-electron chi connectivity index (χ4n) is 2.15. The summed E-state index contributed by atoms with van der Waals surface area (Å²) in [6, 6.07) is 3.35. The number of likely N-dealkylation sites (N-methyl/N-ethyl adjacent to an activating group) is 1. The van der Waals surface area contributed by atoms with Crippen molar-refractivity contribution in [2.45, 2.75) is 32.4 Å². The zero-order valence-corrected chi connectivity index (χ0v) is 13.1. The Hall–Kier alpha value is -2.31. The highest BCUT2D eigenvalue weighted by molar-refractivity contribution is 6.02. The molecule has 1 aromatic rings. The monoisotopic (exact) mass is 309 g/mol. The Morgan fingerprint density at radius 3 is 2.77 bits per heavy atom. The lowest BCUT2D eigenvalue weighted by atomic mass is 10.2. The quantitative estimate of drug-likeness (QED) is 0.833. The van der Waals surface area contributed by atoms with Crippen LogP contribution in [0, 0.1) is 5.82 Å². The van der Waals surface area contributed by atoms with Gasteiger partial charge in [0.25, 0.3) is 5.91 Å². The van der Waals surface area contributed by atoms with E-state index in [-0.39, 0.29) is 12.5 Å². The van der Waals surface area contributed by atoms with Gasteiger partial charge >= 0.3 is 6.09 Å². The van der Waals surface area contributed by atoms with E-state index in [1.165, 1.54) is 24.1 Å². The molecule has 0 saturated heterocycles. The first-order valence-electron chi connectivity index (χ1n) is 6.98. The largest absolute Gasteiger partial charge is 0.444 e. The molecule has 1 heterocycles. The first-order valence-corrected chi connectivity index (χ1v) is 6.98. The van der Waals surface area contributed by atoms with Gasteiger partial charge in [0.1, 0.15) is 17.5 Å². The minimum Gasteiger partial charge on any atom is -0.444 e. The molecule has 1 aliphatic heterocycles. The van der Waals surface area contributed by atoms with Crippen LogP contribution in [0.4, 0.5) is 20.6 Å². The average molecular weight is 309 g/mol. The van der Waals surface area contributed by atoms with Crippen molar-refractivity contribution in [3.05, 3.63) is 24.0 Å². The maximum Gasteiger partial charge on any atom is 0.408 e. The van der Waals surface area contributed by atoms with Gasteiger partial charge in [0.05, 0.1) is 11.4 Å². The van der Waals surface area contributed by atoms with Crippen molar-refractivity contribution in [3.8, 4) is 0 Å². The number of benzene rings is 1. The van der Waals surface area contributed by atoms with Crippen LogP contribution in [-0.2, 0) is 9.53 Å². The minimum absolute atomic E-state index is 0.195. The maximum absolute atomic E-state index is 13.4. The van der Waals surface area contributed by atoms with Gasteiger partial charge in [0.2, 0.25) is 0 Å². The Morgan fingerprint density at radius 1 is 1.45 bits per heavy atom. The third-order valence-electron chi connectivity index (χ3n) is 3.14. The Labute approximate surface area is 128 Å². The molecule has 6 nitrogen and oxygen atoms in total. The van der Waals surface area contributed by atoms with E-state index >= 15 is 0 Å². The molecular formula is C15H20FN3O3.